The van der Waals surface area contributed by atoms with Gasteiger partial charge in [-0.2, -0.15) is 11.8 Å². The second-order valence-electron chi connectivity index (χ2n) is 5.03. The van der Waals surface area contributed by atoms with Crippen LogP contribution in [-0.2, 0) is 5.75 Å². The van der Waals surface area contributed by atoms with Gasteiger partial charge in [-0.05, 0) is 37.4 Å². The molecule has 5 nitrogen and oxygen atoms in total. The van der Waals surface area contributed by atoms with Crippen molar-refractivity contribution in [3.8, 4) is 0 Å². The van der Waals surface area contributed by atoms with Crippen molar-refractivity contribution in [2.24, 2.45) is 0 Å². The van der Waals surface area contributed by atoms with Gasteiger partial charge in [0.05, 0.1) is 22.8 Å². The quantitative estimate of drug-likeness (QED) is 0.756. The predicted molar refractivity (Wildman–Crippen MR) is 87.9 cm³/mol. The SMILES string of the molecule is CSCc1ccc(C(=O)N[C@@H](C)c2nc3ccccc3[nH]2)o1. The molecular formula is C16H17N3O2S. The highest BCUT2D eigenvalue weighted by molar-refractivity contribution is 7.97. The van der Waals surface area contributed by atoms with Gasteiger partial charge in [0.15, 0.2) is 5.76 Å². The number of carbonyl (C=O) groups is 1. The summed E-state index contributed by atoms with van der Waals surface area (Å²) in [6, 6.07) is 11.1. The number of hydrogen-bond acceptors (Lipinski definition) is 4. The zero-order valence-electron chi connectivity index (χ0n) is 12.4. The van der Waals surface area contributed by atoms with Crippen molar-refractivity contribution in [2.45, 2.75) is 18.7 Å². The van der Waals surface area contributed by atoms with E-state index in [-0.39, 0.29) is 11.9 Å². The Morgan fingerprint density at radius 2 is 2.18 bits per heavy atom. The van der Waals surface area contributed by atoms with Gasteiger partial charge in [-0.3, -0.25) is 4.79 Å². The third-order valence-corrected chi connectivity index (χ3v) is 3.91. The summed E-state index contributed by atoms with van der Waals surface area (Å²) < 4.78 is 5.52. The fourth-order valence-electron chi connectivity index (χ4n) is 2.23. The number of imidazole rings is 1. The molecular weight excluding hydrogens is 298 g/mol. The summed E-state index contributed by atoms with van der Waals surface area (Å²) >= 11 is 1.65. The van der Waals surface area contributed by atoms with Crippen LogP contribution in [0.2, 0.25) is 0 Å². The van der Waals surface area contributed by atoms with Crippen LogP contribution in [0.5, 0.6) is 0 Å². The molecule has 0 spiro atoms. The average Bonchev–Trinajstić information content (AvgIpc) is 3.13. The van der Waals surface area contributed by atoms with Gasteiger partial charge in [-0.25, -0.2) is 4.98 Å². The van der Waals surface area contributed by atoms with Crippen molar-refractivity contribution < 1.29 is 9.21 Å². The number of nitrogens with one attached hydrogen (secondary N) is 2. The smallest absolute Gasteiger partial charge is 0.287 e. The number of furan rings is 1. The number of nitrogens with zero attached hydrogens (tertiary/aromatic N) is 1. The number of aromatic amines is 1. The molecule has 0 fully saturated rings. The van der Waals surface area contributed by atoms with Crippen LogP contribution < -0.4 is 5.32 Å². The average molecular weight is 315 g/mol. The molecule has 0 saturated heterocycles. The molecule has 6 heteroatoms. The van der Waals surface area contributed by atoms with Gasteiger partial charge in [0.1, 0.15) is 11.6 Å². The highest BCUT2D eigenvalue weighted by Crippen LogP contribution is 2.17. The molecule has 2 heterocycles. The highest BCUT2D eigenvalue weighted by Gasteiger charge is 2.17. The fraction of sp³-hybridized carbons (Fsp3) is 0.250. The molecule has 2 aromatic heterocycles. The van der Waals surface area contributed by atoms with Crippen LogP contribution >= 0.6 is 11.8 Å². The minimum atomic E-state index is -0.236. The van der Waals surface area contributed by atoms with Crippen LogP contribution in [0.4, 0.5) is 0 Å². The first kappa shape index (κ1) is 14.7. The van der Waals surface area contributed by atoms with Crippen molar-refractivity contribution in [3.05, 3.63) is 53.7 Å². The van der Waals surface area contributed by atoms with Gasteiger partial charge in [-0.15, -0.1) is 0 Å². The van der Waals surface area contributed by atoms with E-state index in [1.807, 2.05) is 43.5 Å². The molecule has 0 bridgehead atoms. The molecule has 3 aromatic rings. The van der Waals surface area contributed by atoms with E-state index in [1.165, 1.54) is 0 Å². The molecule has 3 rings (SSSR count). The van der Waals surface area contributed by atoms with Crippen molar-refractivity contribution in [2.75, 3.05) is 6.26 Å². The Morgan fingerprint density at radius 1 is 1.36 bits per heavy atom. The second kappa shape index (κ2) is 6.27. The fourth-order valence-corrected chi connectivity index (χ4v) is 2.67. The van der Waals surface area contributed by atoms with Crippen molar-refractivity contribution in [1.82, 2.24) is 15.3 Å². The van der Waals surface area contributed by atoms with E-state index in [2.05, 4.69) is 15.3 Å². The normalized spacial score (nSPS) is 12.5. The maximum Gasteiger partial charge on any atom is 0.287 e. The van der Waals surface area contributed by atoms with Gasteiger partial charge in [0.2, 0.25) is 0 Å². The Hall–Kier alpha value is -2.21. The lowest BCUT2D eigenvalue weighted by molar-refractivity contribution is 0.0909. The monoisotopic (exact) mass is 315 g/mol. The van der Waals surface area contributed by atoms with Crippen molar-refractivity contribution in [1.29, 1.82) is 0 Å². The lowest BCUT2D eigenvalue weighted by Crippen LogP contribution is -2.27. The van der Waals surface area contributed by atoms with E-state index in [1.54, 1.807) is 17.8 Å². The van der Waals surface area contributed by atoms with E-state index in [0.717, 1.165) is 28.4 Å². The number of para-hydroxylation sites is 2. The molecule has 0 aliphatic heterocycles. The molecule has 0 saturated carbocycles. The van der Waals surface area contributed by atoms with E-state index in [9.17, 15) is 4.79 Å². The standard InChI is InChI=1S/C16H17N3O2S/c1-10(15-18-12-5-3-4-6-13(12)19-15)17-16(20)14-8-7-11(21-14)9-22-2/h3-8,10H,9H2,1-2H3,(H,17,20)(H,18,19)/t10-/m0/s1. The molecule has 0 aliphatic rings. The Morgan fingerprint density at radius 3 is 2.95 bits per heavy atom. The summed E-state index contributed by atoms with van der Waals surface area (Å²) in [5.41, 5.74) is 1.85. The second-order valence-corrected chi connectivity index (χ2v) is 5.90. The summed E-state index contributed by atoms with van der Waals surface area (Å²) in [6.07, 6.45) is 1.99. The van der Waals surface area contributed by atoms with Crippen LogP contribution in [0, 0.1) is 0 Å². The molecule has 0 radical (unpaired) electrons. The van der Waals surface area contributed by atoms with E-state index < -0.39 is 0 Å². The molecule has 0 aliphatic carbocycles. The number of carbonyl (C=O) groups excluding carboxylic acids is 1. The van der Waals surface area contributed by atoms with Gasteiger partial charge in [0.25, 0.3) is 5.91 Å². The minimum absolute atomic E-state index is 0.228. The van der Waals surface area contributed by atoms with Crippen LogP contribution in [0.1, 0.15) is 35.1 Å². The van der Waals surface area contributed by atoms with Gasteiger partial charge >= 0.3 is 0 Å². The maximum absolute atomic E-state index is 12.2. The summed E-state index contributed by atoms with van der Waals surface area (Å²) in [6.45, 7) is 1.89. The lowest BCUT2D eigenvalue weighted by Gasteiger charge is -2.09. The first-order chi connectivity index (χ1) is 10.7. The Balaban J connectivity index is 1.72. The topological polar surface area (TPSA) is 70.9 Å². The molecule has 0 unspecified atom stereocenters. The predicted octanol–water partition coefficient (Wildman–Crippen LogP) is 3.51. The van der Waals surface area contributed by atoms with Gasteiger partial charge in [-0.1, -0.05) is 12.1 Å². The molecule has 1 amide bonds. The number of thioether (sulfide) groups is 1. The Kier molecular flexibility index (Phi) is 4.20. The third kappa shape index (κ3) is 3.01. The van der Waals surface area contributed by atoms with E-state index in [4.69, 9.17) is 4.42 Å². The Bertz CT molecular complexity index is 760. The van der Waals surface area contributed by atoms with Crippen molar-refractivity contribution in [3.63, 3.8) is 0 Å². The summed E-state index contributed by atoms with van der Waals surface area (Å²) in [7, 11) is 0. The zero-order chi connectivity index (χ0) is 15.5. The van der Waals surface area contributed by atoms with Crippen LogP contribution in [0.3, 0.4) is 0 Å². The summed E-state index contributed by atoms with van der Waals surface area (Å²) in [5.74, 6) is 2.37. The van der Waals surface area contributed by atoms with E-state index >= 15 is 0 Å². The number of hydrogen-bond donors (Lipinski definition) is 2. The summed E-state index contributed by atoms with van der Waals surface area (Å²) in [5, 5.41) is 2.90. The molecule has 1 atom stereocenters. The van der Waals surface area contributed by atoms with Crippen LogP contribution in [0.15, 0.2) is 40.8 Å². The number of aromatic nitrogens is 2. The maximum atomic E-state index is 12.2. The van der Waals surface area contributed by atoms with Crippen molar-refractivity contribution >= 4 is 28.7 Å². The number of amides is 1. The highest BCUT2D eigenvalue weighted by atomic mass is 32.2. The number of fused-ring (bicyclic) bond motifs is 1. The number of rotatable bonds is 5. The zero-order valence-corrected chi connectivity index (χ0v) is 13.2. The Labute approximate surface area is 132 Å². The first-order valence-electron chi connectivity index (χ1n) is 7.00. The molecule has 22 heavy (non-hydrogen) atoms. The number of H-pyrrole nitrogens is 1. The summed E-state index contributed by atoms with van der Waals surface area (Å²) in [4.78, 5) is 19.9. The minimum Gasteiger partial charge on any atom is -0.455 e. The van der Waals surface area contributed by atoms with E-state index in [0.29, 0.717) is 5.76 Å². The van der Waals surface area contributed by atoms with Gasteiger partial charge in [0, 0.05) is 0 Å². The third-order valence-electron chi connectivity index (χ3n) is 3.34. The van der Waals surface area contributed by atoms with Crippen LogP contribution in [-0.4, -0.2) is 22.1 Å². The lowest BCUT2D eigenvalue weighted by atomic mass is 10.3. The largest absolute Gasteiger partial charge is 0.455 e. The van der Waals surface area contributed by atoms with Crippen LogP contribution in [0.25, 0.3) is 11.0 Å². The first-order valence-corrected chi connectivity index (χ1v) is 8.40. The van der Waals surface area contributed by atoms with Gasteiger partial charge < -0.3 is 14.7 Å². The number of benzene rings is 1. The molecule has 2 N–H and O–H groups in total. The molecule has 1 aromatic carbocycles. The molecule has 114 valence electrons.